The normalized spacial score (nSPS) is 11.6. The number of nitro benzene ring substituents is 1. The Morgan fingerprint density at radius 2 is 2.06 bits per heavy atom. The van der Waals surface area contributed by atoms with Crippen molar-refractivity contribution in [3.8, 4) is 0 Å². The number of rotatable bonds is 7. The molecule has 0 unspecified atom stereocenters. The number of fused-ring (bicyclic) bond motifs is 1. The second kappa shape index (κ2) is 9.82. The third kappa shape index (κ3) is 5.35. The Labute approximate surface area is 186 Å². The van der Waals surface area contributed by atoms with E-state index in [0.29, 0.717) is 30.2 Å². The number of nitrogens with zero attached hydrogens (tertiary/aromatic N) is 3. The van der Waals surface area contributed by atoms with Crippen LogP contribution in [0.4, 0.5) is 11.4 Å². The lowest BCUT2D eigenvalue weighted by Crippen LogP contribution is -2.20. The number of thiazole rings is 1. The summed E-state index contributed by atoms with van der Waals surface area (Å²) in [7, 11) is 0. The van der Waals surface area contributed by atoms with Crippen molar-refractivity contribution in [2.24, 2.45) is 4.99 Å². The highest BCUT2D eigenvalue weighted by Crippen LogP contribution is 2.24. The molecule has 11 heteroatoms. The van der Waals surface area contributed by atoms with Gasteiger partial charge in [0.2, 0.25) is 5.91 Å². The Balaban J connectivity index is 2.10. The number of aromatic nitrogens is 1. The van der Waals surface area contributed by atoms with Crippen LogP contribution in [0.2, 0.25) is 5.02 Å². The van der Waals surface area contributed by atoms with Crippen LogP contribution in [-0.2, 0) is 16.1 Å². The number of ether oxygens (including phenoxy) is 1. The van der Waals surface area contributed by atoms with Gasteiger partial charge in [-0.3, -0.25) is 19.7 Å². The lowest BCUT2D eigenvalue weighted by molar-refractivity contribution is -0.384. The monoisotopic (exact) mass is 462 g/mol. The first-order chi connectivity index (χ1) is 14.8. The minimum absolute atomic E-state index is 0.0522. The van der Waals surface area contributed by atoms with E-state index in [1.54, 1.807) is 12.1 Å². The van der Waals surface area contributed by atoms with E-state index in [0.717, 1.165) is 16.3 Å². The molecule has 3 aromatic rings. The Morgan fingerprint density at radius 3 is 2.74 bits per heavy atom. The second-order valence-electron chi connectivity index (χ2n) is 6.44. The molecule has 3 rings (SSSR count). The minimum atomic E-state index is -0.687. The highest BCUT2D eigenvalue weighted by Gasteiger charge is 2.16. The van der Waals surface area contributed by atoms with Crippen molar-refractivity contribution in [3.05, 3.63) is 61.9 Å². The van der Waals surface area contributed by atoms with Crippen molar-refractivity contribution in [1.82, 2.24) is 4.57 Å². The minimum Gasteiger partial charge on any atom is -0.380 e. The van der Waals surface area contributed by atoms with Gasteiger partial charge in [-0.25, -0.2) is 0 Å². The number of non-ortho nitro benzene ring substituents is 1. The molecule has 9 nitrogen and oxygen atoms in total. The van der Waals surface area contributed by atoms with Crippen molar-refractivity contribution in [1.29, 1.82) is 0 Å². The van der Waals surface area contributed by atoms with E-state index in [4.69, 9.17) is 16.3 Å². The molecular formula is C20H19ClN4O5S. The molecule has 0 saturated heterocycles. The summed E-state index contributed by atoms with van der Waals surface area (Å²) in [5, 5.41) is 13.8. The van der Waals surface area contributed by atoms with Gasteiger partial charge in [-0.1, -0.05) is 22.9 Å². The highest BCUT2D eigenvalue weighted by atomic mass is 35.5. The first-order valence-corrected chi connectivity index (χ1v) is 10.5. The molecule has 0 saturated carbocycles. The van der Waals surface area contributed by atoms with Gasteiger partial charge < -0.3 is 14.6 Å². The van der Waals surface area contributed by atoms with Crippen LogP contribution >= 0.6 is 22.9 Å². The topological polar surface area (TPSA) is 116 Å². The summed E-state index contributed by atoms with van der Waals surface area (Å²) in [6, 6.07) is 9.02. The average Bonchev–Trinajstić information content (AvgIpc) is 3.04. The number of carbonyl (C=O) groups is 2. The quantitative estimate of drug-likeness (QED) is 0.323. The van der Waals surface area contributed by atoms with Gasteiger partial charge in [-0.15, -0.1) is 0 Å². The average molecular weight is 463 g/mol. The lowest BCUT2D eigenvalue weighted by Gasteiger charge is -2.06. The number of hydrogen-bond donors (Lipinski definition) is 1. The van der Waals surface area contributed by atoms with Gasteiger partial charge in [0.25, 0.3) is 11.6 Å². The van der Waals surface area contributed by atoms with Crippen LogP contribution in [0.1, 0.15) is 24.2 Å². The fourth-order valence-corrected chi connectivity index (χ4v) is 4.19. The largest absolute Gasteiger partial charge is 0.380 e. The molecule has 1 N–H and O–H groups in total. The maximum absolute atomic E-state index is 12.8. The van der Waals surface area contributed by atoms with Gasteiger partial charge in [-0.2, -0.15) is 4.99 Å². The van der Waals surface area contributed by atoms with Crippen LogP contribution in [-0.4, -0.2) is 34.5 Å². The number of nitro groups is 1. The Kier molecular flexibility index (Phi) is 7.16. The maximum atomic E-state index is 12.8. The van der Waals surface area contributed by atoms with Crippen molar-refractivity contribution in [2.45, 2.75) is 20.4 Å². The number of carbonyl (C=O) groups excluding carboxylic acids is 2. The molecule has 0 fully saturated rings. The summed E-state index contributed by atoms with van der Waals surface area (Å²) in [4.78, 5) is 39.2. The molecule has 0 radical (unpaired) electrons. The summed E-state index contributed by atoms with van der Waals surface area (Å²) in [5.74, 6) is -0.881. The summed E-state index contributed by atoms with van der Waals surface area (Å²) >= 11 is 7.34. The number of nitrogens with one attached hydrogen (secondary N) is 1. The SMILES string of the molecule is CCOCCn1c(=NC(=O)c2cc([N+](=O)[O-])ccc2Cl)sc2cc(NC(C)=O)ccc21. The third-order valence-electron chi connectivity index (χ3n) is 4.25. The molecule has 162 valence electrons. The summed E-state index contributed by atoms with van der Waals surface area (Å²) in [6.07, 6.45) is 0. The van der Waals surface area contributed by atoms with Crippen LogP contribution in [0.15, 0.2) is 41.4 Å². The predicted octanol–water partition coefficient (Wildman–Crippen LogP) is 4.00. The molecule has 0 aliphatic heterocycles. The summed E-state index contributed by atoms with van der Waals surface area (Å²) in [6.45, 7) is 4.71. The molecular weight excluding hydrogens is 444 g/mol. The summed E-state index contributed by atoms with van der Waals surface area (Å²) < 4.78 is 8.08. The van der Waals surface area contributed by atoms with Crippen molar-refractivity contribution >= 4 is 56.3 Å². The van der Waals surface area contributed by atoms with Gasteiger partial charge in [0.1, 0.15) is 0 Å². The number of benzene rings is 2. The fraction of sp³-hybridized carbons (Fsp3) is 0.250. The standard InChI is InChI=1S/C20H19ClN4O5S/c1-3-30-9-8-24-17-7-4-13(22-12(2)26)10-18(17)31-20(24)23-19(27)15-11-14(25(28)29)5-6-16(15)21/h4-7,10-11H,3,8-9H2,1-2H3,(H,22,26). The highest BCUT2D eigenvalue weighted by molar-refractivity contribution is 7.16. The van der Waals surface area contributed by atoms with Gasteiger partial charge in [-0.05, 0) is 31.2 Å². The molecule has 2 aromatic carbocycles. The van der Waals surface area contributed by atoms with Crippen LogP contribution < -0.4 is 10.1 Å². The molecule has 0 spiro atoms. The summed E-state index contributed by atoms with van der Waals surface area (Å²) in [5.41, 5.74) is 1.14. The molecule has 0 atom stereocenters. The first-order valence-electron chi connectivity index (χ1n) is 9.32. The Bertz CT molecular complexity index is 1230. The van der Waals surface area contributed by atoms with Gasteiger partial charge in [0, 0.05) is 37.9 Å². The van der Waals surface area contributed by atoms with E-state index in [1.165, 1.54) is 30.4 Å². The third-order valence-corrected chi connectivity index (χ3v) is 5.63. The van der Waals surface area contributed by atoms with Gasteiger partial charge >= 0.3 is 0 Å². The first kappa shape index (κ1) is 22.6. The Morgan fingerprint density at radius 1 is 1.29 bits per heavy atom. The Hall–Kier alpha value is -3.08. The van der Waals surface area contributed by atoms with E-state index in [-0.39, 0.29) is 22.2 Å². The van der Waals surface area contributed by atoms with Crippen LogP contribution in [0.25, 0.3) is 10.2 Å². The van der Waals surface area contributed by atoms with Gasteiger partial charge in [0.05, 0.1) is 32.3 Å². The lowest BCUT2D eigenvalue weighted by atomic mass is 10.2. The molecule has 31 heavy (non-hydrogen) atoms. The number of hydrogen-bond acceptors (Lipinski definition) is 6. The van der Waals surface area contributed by atoms with Gasteiger partial charge in [0.15, 0.2) is 4.80 Å². The number of amides is 2. The molecule has 2 amide bonds. The van der Waals surface area contributed by atoms with Crippen molar-refractivity contribution < 1.29 is 19.2 Å². The zero-order valence-electron chi connectivity index (χ0n) is 16.8. The maximum Gasteiger partial charge on any atom is 0.281 e. The second-order valence-corrected chi connectivity index (χ2v) is 7.85. The van der Waals surface area contributed by atoms with E-state index >= 15 is 0 Å². The predicted molar refractivity (Wildman–Crippen MR) is 119 cm³/mol. The van der Waals surface area contributed by atoms with Crippen molar-refractivity contribution in [2.75, 3.05) is 18.5 Å². The van der Waals surface area contributed by atoms with Crippen LogP contribution in [0.5, 0.6) is 0 Å². The molecule has 1 heterocycles. The molecule has 0 bridgehead atoms. The number of halogens is 1. The molecule has 1 aromatic heterocycles. The van der Waals surface area contributed by atoms with E-state index < -0.39 is 10.8 Å². The van der Waals surface area contributed by atoms with Crippen molar-refractivity contribution in [3.63, 3.8) is 0 Å². The van der Waals surface area contributed by atoms with E-state index in [1.807, 2.05) is 17.6 Å². The molecule has 0 aliphatic rings. The fourth-order valence-electron chi connectivity index (χ4n) is 2.89. The van der Waals surface area contributed by atoms with Crippen LogP contribution in [0, 0.1) is 10.1 Å². The molecule has 0 aliphatic carbocycles. The smallest absolute Gasteiger partial charge is 0.281 e. The zero-order valence-corrected chi connectivity index (χ0v) is 18.3. The van der Waals surface area contributed by atoms with E-state index in [2.05, 4.69) is 10.3 Å². The zero-order chi connectivity index (χ0) is 22.5. The van der Waals surface area contributed by atoms with E-state index in [9.17, 15) is 19.7 Å². The van der Waals surface area contributed by atoms with Crippen LogP contribution in [0.3, 0.4) is 0 Å². The number of anilines is 1.